The van der Waals surface area contributed by atoms with E-state index < -0.39 is 18.1 Å². The lowest BCUT2D eigenvalue weighted by atomic mass is 10.1. The van der Waals surface area contributed by atoms with Crippen LogP contribution in [0.15, 0.2) is 85.1 Å². The minimum Gasteiger partial charge on any atom is -0.544 e. The quantitative estimate of drug-likeness (QED) is 0.0259. The predicted molar refractivity (Wildman–Crippen MR) is 272 cm³/mol. The van der Waals surface area contributed by atoms with Crippen molar-refractivity contribution in [3.8, 4) is 0 Å². The first-order valence-corrected chi connectivity index (χ1v) is 26.1. The summed E-state index contributed by atoms with van der Waals surface area (Å²) in [6, 6.07) is -0.742. The Hall–Kier alpha value is -3.49. The number of ether oxygens (including phenoxy) is 3. The Kier molecular flexibility index (Phi) is 44.5. The summed E-state index contributed by atoms with van der Waals surface area (Å²) in [7, 11) is 5.39. The van der Waals surface area contributed by atoms with Crippen LogP contribution in [0.3, 0.4) is 0 Å². The molecule has 0 aromatic carbocycles. The number of unbranched alkanes of at least 4 members (excludes halogenated alkanes) is 18. The zero-order valence-corrected chi connectivity index (χ0v) is 42.4. The molecule has 2 atom stereocenters. The Morgan fingerprint density at radius 3 is 1.34 bits per heavy atom. The van der Waals surface area contributed by atoms with Crippen LogP contribution < -0.4 is 5.11 Å². The fourth-order valence-corrected chi connectivity index (χ4v) is 7.25. The lowest BCUT2D eigenvalue weighted by Crippen LogP contribution is -2.55. The number of esters is 2. The fourth-order valence-electron chi connectivity index (χ4n) is 7.25. The molecule has 0 radical (unpaired) electrons. The van der Waals surface area contributed by atoms with E-state index in [1.165, 1.54) is 103 Å². The van der Waals surface area contributed by atoms with Crippen LogP contribution in [0.5, 0.6) is 0 Å². The summed E-state index contributed by atoms with van der Waals surface area (Å²) < 4.78 is 17.2. The summed E-state index contributed by atoms with van der Waals surface area (Å²) in [6.07, 6.45) is 62.0. The number of allylic oxidation sites excluding steroid dienone is 14. The van der Waals surface area contributed by atoms with Crippen molar-refractivity contribution in [2.75, 3.05) is 41.0 Å². The molecule has 0 saturated carbocycles. The molecule has 0 fully saturated rings. The van der Waals surface area contributed by atoms with Gasteiger partial charge in [0, 0.05) is 19.3 Å². The van der Waals surface area contributed by atoms with Crippen LogP contribution in [0.2, 0.25) is 0 Å². The van der Waals surface area contributed by atoms with Gasteiger partial charge in [0.2, 0.25) is 0 Å². The van der Waals surface area contributed by atoms with Gasteiger partial charge in [-0.2, -0.15) is 0 Å². The number of nitrogens with zero attached hydrogens (tertiary/aromatic N) is 1. The minimum absolute atomic E-state index is 0.0121. The zero-order valence-electron chi connectivity index (χ0n) is 42.4. The monoisotopic (exact) mass is 908 g/mol. The second-order valence-electron chi connectivity index (χ2n) is 18.4. The Morgan fingerprint density at radius 1 is 0.477 bits per heavy atom. The summed E-state index contributed by atoms with van der Waals surface area (Å²) in [5, 5.41) is 11.7. The highest BCUT2D eigenvalue weighted by Crippen LogP contribution is 2.14. The average Bonchev–Trinajstić information content (AvgIpc) is 3.27. The highest BCUT2D eigenvalue weighted by molar-refractivity contribution is 5.70. The Morgan fingerprint density at radius 2 is 0.877 bits per heavy atom. The fraction of sp³-hybridized carbons (Fsp3) is 0.702. The van der Waals surface area contributed by atoms with E-state index in [-0.39, 0.29) is 49.1 Å². The zero-order chi connectivity index (χ0) is 47.7. The highest BCUT2D eigenvalue weighted by Gasteiger charge is 2.25. The minimum atomic E-state index is -1.14. The number of likely N-dealkylation sites (N-methyl/N-ethyl adjacent to an activating group) is 1. The van der Waals surface area contributed by atoms with Gasteiger partial charge in [0.05, 0.1) is 40.3 Å². The molecule has 0 aliphatic rings. The number of quaternary nitrogens is 1. The molecular weight excluding hydrogens is 811 g/mol. The molecule has 372 valence electrons. The third-order valence-electron chi connectivity index (χ3n) is 11.3. The predicted octanol–water partition coefficient (Wildman–Crippen LogP) is 13.9. The van der Waals surface area contributed by atoms with E-state index in [1.807, 2.05) is 0 Å². The number of hydrogen-bond acceptors (Lipinski definition) is 7. The van der Waals surface area contributed by atoms with Gasteiger partial charge in [-0.1, -0.05) is 189 Å². The van der Waals surface area contributed by atoms with Crippen LogP contribution in [0.25, 0.3) is 0 Å². The Labute approximate surface area is 399 Å². The standard InChI is InChI=1S/C57H97NO7/c1-6-8-10-12-14-16-18-20-22-24-26-28-30-31-33-35-37-39-41-43-45-47-55(59)64-52-53(51-63-50-49-54(57(61)62)58(3,4)5)65-56(60)48-46-44-42-40-38-36-34-32-29-27-25-23-21-19-17-15-13-11-9-7-2/h9,11,15,17,21,23,27-30,34,36,40,42,53-54H,6-8,10,12-14,16,18-20,22,24-26,31-33,35,37-39,41,43-52H2,1-5H3/b11-9+,17-15+,23-21+,29-27+,30-28+,36-34+,42-40+. The molecule has 0 rings (SSSR count). The summed E-state index contributed by atoms with van der Waals surface area (Å²) >= 11 is 0. The lowest BCUT2D eigenvalue weighted by Gasteiger charge is -2.34. The maximum absolute atomic E-state index is 12.8. The number of rotatable bonds is 46. The first-order valence-electron chi connectivity index (χ1n) is 26.1. The van der Waals surface area contributed by atoms with Gasteiger partial charge in [-0.25, -0.2) is 0 Å². The average molecular weight is 908 g/mol. The van der Waals surface area contributed by atoms with E-state index in [1.54, 1.807) is 21.1 Å². The van der Waals surface area contributed by atoms with Crippen LogP contribution in [0, 0.1) is 0 Å². The van der Waals surface area contributed by atoms with Crippen molar-refractivity contribution >= 4 is 17.9 Å². The van der Waals surface area contributed by atoms with Gasteiger partial charge in [0.25, 0.3) is 0 Å². The summed E-state index contributed by atoms with van der Waals surface area (Å²) in [6.45, 7) is 4.49. The third-order valence-corrected chi connectivity index (χ3v) is 11.3. The van der Waals surface area contributed by atoms with Gasteiger partial charge in [-0.15, -0.1) is 0 Å². The van der Waals surface area contributed by atoms with Gasteiger partial charge in [-0.05, 0) is 83.5 Å². The molecule has 0 aliphatic carbocycles. The Balaban J connectivity index is 4.35. The number of carboxylic acids is 1. The second kappa shape index (κ2) is 47.0. The van der Waals surface area contributed by atoms with Crippen LogP contribution >= 0.6 is 0 Å². The molecule has 0 aliphatic heterocycles. The van der Waals surface area contributed by atoms with Gasteiger partial charge in [-0.3, -0.25) is 9.59 Å². The van der Waals surface area contributed by atoms with Crippen LogP contribution in [-0.2, 0) is 28.6 Å². The molecule has 0 saturated heterocycles. The second-order valence-corrected chi connectivity index (χ2v) is 18.4. The SMILES string of the molecule is CC/C=C/C/C=C/C/C=C/C/C=C/C/C=C/C/C=C/CCCC(=O)OC(COCCC(C(=O)[O-])[N+](C)(C)C)COC(=O)CCCCCCCCC/C=C/CCCCCCCCCCCC. The van der Waals surface area contributed by atoms with E-state index in [0.717, 1.165) is 64.2 Å². The molecule has 0 heterocycles. The Bertz CT molecular complexity index is 1330. The topological polar surface area (TPSA) is 102 Å². The maximum Gasteiger partial charge on any atom is 0.306 e. The van der Waals surface area contributed by atoms with Crippen molar-refractivity contribution in [1.29, 1.82) is 0 Å². The van der Waals surface area contributed by atoms with Crippen molar-refractivity contribution in [3.63, 3.8) is 0 Å². The van der Waals surface area contributed by atoms with Crippen molar-refractivity contribution < 1.29 is 38.2 Å². The van der Waals surface area contributed by atoms with E-state index in [9.17, 15) is 19.5 Å². The third kappa shape index (κ3) is 45.5. The molecule has 8 nitrogen and oxygen atoms in total. The van der Waals surface area contributed by atoms with Crippen LogP contribution in [0.1, 0.15) is 206 Å². The van der Waals surface area contributed by atoms with Crippen molar-refractivity contribution in [1.82, 2.24) is 0 Å². The summed E-state index contributed by atoms with van der Waals surface area (Å²) in [5.41, 5.74) is 0. The molecule has 2 unspecified atom stereocenters. The molecule has 0 N–H and O–H groups in total. The number of hydrogen-bond donors (Lipinski definition) is 0. The van der Waals surface area contributed by atoms with E-state index in [0.29, 0.717) is 12.8 Å². The molecule has 0 aromatic rings. The summed E-state index contributed by atoms with van der Waals surface area (Å²) in [5.74, 6) is -1.82. The molecule has 0 amide bonds. The van der Waals surface area contributed by atoms with Crippen molar-refractivity contribution in [3.05, 3.63) is 85.1 Å². The van der Waals surface area contributed by atoms with E-state index >= 15 is 0 Å². The van der Waals surface area contributed by atoms with E-state index in [2.05, 4.69) is 98.9 Å². The molecule has 0 aromatic heterocycles. The van der Waals surface area contributed by atoms with Gasteiger partial charge in [0.15, 0.2) is 6.10 Å². The van der Waals surface area contributed by atoms with Crippen LogP contribution in [0.4, 0.5) is 0 Å². The molecule has 65 heavy (non-hydrogen) atoms. The largest absolute Gasteiger partial charge is 0.544 e. The van der Waals surface area contributed by atoms with Gasteiger partial charge < -0.3 is 28.6 Å². The van der Waals surface area contributed by atoms with Gasteiger partial charge in [0.1, 0.15) is 12.6 Å². The number of carbonyl (C=O) groups is 3. The molecule has 0 spiro atoms. The number of carbonyl (C=O) groups excluding carboxylic acids is 3. The molecule has 0 bridgehead atoms. The first-order chi connectivity index (χ1) is 31.6. The van der Waals surface area contributed by atoms with Crippen LogP contribution in [-0.4, -0.2) is 75.5 Å². The normalized spacial score (nSPS) is 13.6. The van der Waals surface area contributed by atoms with Crippen molar-refractivity contribution in [2.24, 2.45) is 0 Å². The first kappa shape index (κ1) is 61.5. The molecular formula is C57H97NO7. The molecule has 8 heteroatoms. The van der Waals surface area contributed by atoms with Gasteiger partial charge >= 0.3 is 11.9 Å². The highest BCUT2D eigenvalue weighted by atomic mass is 16.6. The van der Waals surface area contributed by atoms with Crippen molar-refractivity contribution in [2.45, 2.75) is 219 Å². The number of carboxylic acid groups (broad SMARTS) is 1. The summed E-state index contributed by atoms with van der Waals surface area (Å²) in [4.78, 5) is 37.0. The maximum atomic E-state index is 12.8. The number of aliphatic carboxylic acids is 1. The smallest absolute Gasteiger partial charge is 0.306 e. The van der Waals surface area contributed by atoms with E-state index in [4.69, 9.17) is 14.2 Å². The lowest BCUT2D eigenvalue weighted by molar-refractivity contribution is -0.889.